The fourth-order valence-corrected chi connectivity index (χ4v) is 1.62. The summed E-state index contributed by atoms with van der Waals surface area (Å²) in [5.74, 6) is 0.960. The first-order valence-corrected chi connectivity index (χ1v) is 5.05. The Kier molecular flexibility index (Phi) is 2.98. The van der Waals surface area contributed by atoms with Gasteiger partial charge in [-0.15, -0.1) is 0 Å². The van der Waals surface area contributed by atoms with Crippen LogP contribution in [-0.2, 0) is 6.42 Å². The lowest BCUT2D eigenvalue weighted by molar-refractivity contribution is 1.14. The lowest BCUT2D eigenvalue weighted by Crippen LogP contribution is -1.98. The second-order valence-corrected chi connectivity index (χ2v) is 3.42. The van der Waals surface area contributed by atoms with Gasteiger partial charge in [-0.1, -0.05) is 36.4 Å². The van der Waals surface area contributed by atoms with Gasteiger partial charge in [-0.2, -0.15) is 0 Å². The van der Waals surface area contributed by atoms with E-state index in [1.54, 1.807) is 6.20 Å². The van der Waals surface area contributed by atoms with Gasteiger partial charge in [-0.3, -0.25) is 0 Å². The maximum Gasteiger partial charge on any atom is 0.129 e. The standard InChI is InChI=1S/C13H14N2/c1-14-13-12(8-5-9-15-13)10-11-6-3-2-4-7-11/h2-9H,10H2,1H3,(H,14,15). The van der Waals surface area contributed by atoms with Gasteiger partial charge in [0, 0.05) is 19.7 Å². The van der Waals surface area contributed by atoms with Gasteiger partial charge in [0.15, 0.2) is 0 Å². The minimum Gasteiger partial charge on any atom is -0.373 e. The molecule has 0 saturated heterocycles. The van der Waals surface area contributed by atoms with Crippen molar-refractivity contribution in [1.82, 2.24) is 4.98 Å². The van der Waals surface area contributed by atoms with Gasteiger partial charge < -0.3 is 5.32 Å². The number of anilines is 1. The molecule has 2 rings (SSSR count). The first-order chi connectivity index (χ1) is 7.40. The second-order valence-electron chi connectivity index (χ2n) is 3.42. The molecule has 0 aliphatic carbocycles. The summed E-state index contributed by atoms with van der Waals surface area (Å²) < 4.78 is 0. The van der Waals surface area contributed by atoms with Crippen molar-refractivity contribution in [3.63, 3.8) is 0 Å². The first kappa shape index (κ1) is 9.71. The van der Waals surface area contributed by atoms with Crippen LogP contribution in [0.1, 0.15) is 11.1 Å². The fraction of sp³-hybridized carbons (Fsp3) is 0.154. The Balaban J connectivity index is 2.24. The average Bonchev–Trinajstić information content (AvgIpc) is 2.31. The normalized spacial score (nSPS) is 9.93. The van der Waals surface area contributed by atoms with E-state index < -0.39 is 0 Å². The lowest BCUT2D eigenvalue weighted by atomic mass is 10.1. The zero-order chi connectivity index (χ0) is 10.5. The lowest BCUT2D eigenvalue weighted by Gasteiger charge is -2.07. The summed E-state index contributed by atoms with van der Waals surface area (Å²) >= 11 is 0. The highest BCUT2D eigenvalue weighted by molar-refractivity contribution is 5.45. The van der Waals surface area contributed by atoms with Crippen molar-refractivity contribution in [2.45, 2.75) is 6.42 Å². The number of nitrogens with one attached hydrogen (secondary N) is 1. The number of benzene rings is 1. The van der Waals surface area contributed by atoms with E-state index in [0.717, 1.165) is 12.2 Å². The molecule has 0 unspecified atom stereocenters. The quantitative estimate of drug-likeness (QED) is 0.820. The highest BCUT2D eigenvalue weighted by atomic mass is 15.0. The molecule has 0 bridgehead atoms. The zero-order valence-corrected chi connectivity index (χ0v) is 8.77. The van der Waals surface area contributed by atoms with Gasteiger partial charge >= 0.3 is 0 Å². The first-order valence-electron chi connectivity index (χ1n) is 5.05. The predicted molar refractivity (Wildman–Crippen MR) is 63.0 cm³/mol. The summed E-state index contributed by atoms with van der Waals surface area (Å²) in [6.45, 7) is 0. The summed E-state index contributed by atoms with van der Waals surface area (Å²) in [5.41, 5.74) is 2.54. The van der Waals surface area contributed by atoms with Gasteiger partial charge in [0.05, 0.1) is 0 Å². The number of hydrogen-bond donors (Lipinski definition) is 1. The average molecular weight is 198 g/mol. The SMILES string of the molecule is CNc1ncccc1Cc1ccccc1. The molecule has 2 nitrogen and oxygen atoms in total. The van der Waals surface area contributed by atoms with Crippen molar-refractivity contribution in [3.05, 3.63) is 59.8 Å². The van der Waals surface area contributed by atoms with E-state index in [-0.39, 0.29) is 0 Å². The molecule has 1 N–H and O–H groups in total. The van der Waals surface area contributed by atoms with E-state index in [0.29, 0.717) is 0 Å². The molecule has 76 valence electrons. The molecule has 0 spiro atoms. The molecular weight excluding hydrogens is 184 g/mol. The Morgan fingerprint density at radius 3 is 2.60 bits per heavy atom. The smallest absolute Gasteiger partial charge is 0.129 e. The molecule has 1 heterocycles. The number of pyridine rings is 1. The van der Waals surface area contributed by atoms with Crippen molar-refractivity contribution in [2.75, 3.05) is 12.4 Å². The highest BCUT2D eigenvalue weighted by Crippen LogP contribution is 2.15. The Morgan fingerprint density at radius 2 is 1.87 bits per heavy atom. The van der Waals surface area contributed by atoms with E-state index >= 15 is 0 Å². The molecule has 0 saturated carbocycles. The molecule has 1 aromatic heterocycles. The molecule has 0 radical (unpaired) electrons. The molecule has 0 fully saturated rings. The van der Waals surface area contributed by atoms with Crippen molar-refractivity contribution >= 4 is 5.82 Å². The van der Waals surface area contributed by atoms with Crippen LogP contribution in [0.4, 0.5) is 5.82 Å². The van der Waals surface area contributed by atoms with Gasteiger partial charge in [0.2, 0.25) is 0 Å². The third-order valence-electron chi connectivity index (χ3n) is 2.37. The third-order valence-corrected chi connectivity index (χ3v) is 2.37. The van der Waals surface area contributed by atoms with Crippen LogP contribution in [0.2, 0.25) is 0 Å². The predicted octanol–water partition coefficient (Wildman–Crippen LogP) is 2.71. The van der Waals surface area contributed by atoms with E-state index in [1.165, 1.54) is 11.1 Å². The molecule has 0 atom stereocenters. The molecule has 15 heavy (non-hydrogen) atoms. The largest absolute Gasteiger partial charge is 0.373 e. The highest BCUT2D eigenvalue weighted by Gasteiger charge is 2.01. The number of aromatic nitrogens is 1. The van der Waals surface area contributed by atoms with E-state index in [2.05, 4.69) is 40.6 Å². The maximum atomic E-state index is 4.28. The van der Waals surface area contributed by atoms with E-state index in [9.17, 15) is 0 Å². The molecule has 0 aliphatic heterocycles. The third kappa shape index (κ3) is 2.34. The van der Waals surface area contributed by atoms with Crippen LogP contribution in [0.25, 0.3) is 0 Å². The summed E-state index contributed by atoms with van der Waals surface area (Å²) in [6.07, 6.45) is 2.73. The summed E-state index contributed by atoms with van der Waals surface area (Å²) in [5, 5.41) is 3.10. The minimum atomic E-state index is 0.921. The van der Waals surface area contributed by atoms with Crippen molar-refractivity contribution in [1.29, 1.82) is 0 Å². The molecule has 0 aliphatic rings. The Labute approximate surface area is 90.0 Å². The van der Waals surface area contributed by atoms with Crippen LogP contribution >= 0.6 is 0 Å². The molecular formula is C13H14N2. The Morgan fingerprint density at radius 1 is 1.07 bits per heavy atom. The fourth-order valence-electron chi connectivity index (χ4n) is 1.62. The Hall–Kier alpha value is -1.83. The summed E-state index contributed by atoms with van der Waals surface area (Å²) in [6, 6.07) is 14.5. The summed E-state index contributed by atoms with van der Waals surface area (Å²) in [7, 11) is 1.90. The maximum absolute atomic E-state index is 4.28. The molecule has 2 heteroatoms. The minimum absolute atomic E-state index is 0.921. The van der Waals surface area contributed by atoms with Crippen LogP contribution in [0, 0.1) is 0 Å². The molecule has 2 aromatic rings. The van der Waals surface area contributed by atoms with Crippen LogP contribution in [0.5, 0.6) is 0 Å². The van der Waals surface area contributed by atoms with Gasteiger partial charge in [0.1, 0.15) is 5.82 Å². The van der Waals surface area contributed by atoms with Gasteiger partial charge in [-0.05, 0) is 17.2 Å². The second kappa shape index (κ2) is 4.60. The van der Waals surface area contributed by atoms with Crippen molar-refractivity contribution < 1.29 is 0 Å². The Bertz CT molecular complexity index is 424. The topological polar surface area (TPSA) is 24.9 Å². The van der Waals surface area contributed by atoms with E-state index in [1.807, 2.05) is 19.2 Å². The van der Waals surface area contributed by atoms with Crippen LogP contribution in [0.15, 0.2) is 48.7 Å². The molecule has 0 amide bonds. The summed E-state index contributed by atoms with van der Waals surface area (Å²) in [4.78, 5) is 4.28. The van der Waals surface area contributed by atoms with Gasteiger partial charge in [-0.25, -0.2) is 4.98 Å². The zero-order valence-electron chi connectivity index (χ0n) is 8.77. The van der Waals surface area contributed by atoms with Crippen molar-refractivity contribution in [3.8, 4) is 0 Å². The van der Waals surface area contributed by atoms with Crippen LogP contribution < -0.4 is 5.32 Å². The van der Waals surface area contributed by atoms with Gasteiger partial charge in [0.25, 0.3) is 0 Å². The number of nitrogens with zero attached hydrogens (tertiary/aromatic N) is 1. The number of rotatable bonds is 3. The monoisotopic (exact) mass is 198 g/mol. The number of hydrogen-bond acceptors (Lipinski definition) is 2. The van der Waals surface area contributed by atoms with E-state index in [4.69, 9.17) is 0 Å². The van der Waals surface area contributed by atoms with Crippen LogP contribution in [0.3, 0.4) is 0 Å². The van der Waals surface area contributed by atoms with Crippen LogP contribution in [-0.4, -0.2) is 12.0 Å². The van der Waals surface area contributed by atoms with Crippen molar-refractivity contribution in [2.24, 2.45) is 0 Å². The molecule has 1 aromatic carbocycles.